The standard InChI is InChI=1S/C27H26ClN3O2S/c1-30(18-20-8-3-2-4-9-20)15-14-29-26(32)19-31-23-12-5-6-13-24(23)34-25(27(31)33)17-21-10-7-11-22(28)16-21/h2-13,16-17H,14-15,18-19H2,1H3,(H,29,32). The number of nitrogens with zero attached hydrogens (tertiary/aromatic N) is 2. The number of rotatable bonds is 8. The molecular formula is C27H26ClN3O2S. The molecule has 34 heavy (non-hydrogen) atoms. The van der Waals surface area contributed by atoms with E-state index in [9.17, 15) is 9.59 Å². The highest BCUT2D eigenvalue weighted by Gasteiger charge is 2.30. The van der Waals surface area contributed by atoms with Crippen molar-refractivity contribution in [1.29, 1.82) is 0 Å². The Morgan fingerprint density at radius 2 is 1.82 bits per heavy atom. The molecule has 0 atom stereocenters. The third-order valence-corrected chi connectivity index (χ3v) is 6.70. The third-order valence-electron chi connectivity index (χ3n) is 5.39. The molecule has 0 unspecified atom stereocenters. The molecule has 0 aromatic heterocycles. The molecule has 0 radical (unpaired) electrons. The quantitative estimate of drug-likeness (QED) is 0.447. The predicted molar refractivity (Wildman–Crippen MR) is 140 cm³/mol. The van der Waals surface area contributed by atoms with Crippen LogP contribution in [0.25, 0.3) is 6.08 Å². The van der Waals surface area contributed by atoms with Crippen LogP contribution < -0.4 is 10.2 Å². The number of carbonyl (C=O) groups excluding carboxylic acids is 2. The number of benzene rings is 3. The average Bonchev–Trinajstić information content (AvgIpc) is 2.82. The van der Waals surface area contributed by atoms with Crippen molar-refractivity contribution in [1.82, 2.24) is 10.2 Å². The maximum atomic E-state index is 13.3. The fraction of sp³-hybridized carbons (Fsp3) is 0.185. The van der Waals surface area contributed by atoms with Crippen molar-refractivity contribution in [2.24, 2.45) is 0 Å². The maximum absolute atomic E-state index is 13.3. The van der Waals surface area contributed by atoms with Crippen LogP contribution in [0.3, 0.4) is 0 Å². The van der Waals surface area contributed by atoms with E-state index in [1.165, 1.54) is 17.3 Å². The number of anilines is 1. The first-order valence-electron chi connectivity index (χ1n) is 11.0. The third kappa shape index (κ3) is 6.29. The average molecular weight is 492 g/mol. The van der Waals surface area contributed by atoms with Gasteiger partial charge in [0.25, 0.3) is 5.91 Å². The van der Waals surface area contributed by atoms with Crippen molar-refractivity contribution in [2.45, 2.75) is 11.4 Å². The molecule has 3 aromatic rings. The van der Waals surface area contributed by atoms with Crippen molar-refractivity contribution in [3.63, 3.8) is 0 Å². The largest absolute Gasteiger partial charge is 0.353 e. The molecule has 0 fully saturated rings. The molecule has 2 amide bonds. The number of amides is 2. The Labute approximate surface area is 209 Å². The van der Waals surface area contributed by atoms with Crippen molar-refractivity contribution in [2.75, 3.05) is 31.6 Å². The molecule has 0 aliphatic carbocycles. The Bertz CT molecular complexity index is 1200. The molecule has 4 rings (SSSR count). The molecule has 1 N–H and O–H groups in total. The molecule has 1 aliphatic heterocycles. The lowest BCUT2D eigenvalue weighted by Gasteiger charge is -2.30. The number of fused-ring (bicyclic) bond motifs is 1. The molecule has 174 valence electrons. The van der Waals surface area contributed by atoms with Crippen LogP contribution in [0.2, 0.25) is 5.02 Å². The van der Waals surface area contributed by atoms with Gasteiger partial charge in [-0.25, -0.2) is 0 Å². The van der Waals surface area contributed by atoms with Crippen LogP contribution in [0.15, 0.2) is 88.7 Å². The van der Waals surface area contributed by atoms with E-state index in [2.05, 4.69) is 22.3 Å². The smallest absolute Gasteiger partial charge is 0.265 e. The van der Waals surface area contributed by atoms with Crippen LogP contribution in [0.4, 0.5) is 5.69 Å². The number of halogens is 1. The molecule has 0 spiro atoms. The molecule has 3 aromatic carbocycles. The van der Waals surface area contributed by atoms with Gasteiger partial charge >= 0.3 is 0 Å². The Balaban J connectivity index is 1.40. The van der Waals surface area contributed by atoms with Gasteiger partial charge in [-0.05, 0) is 48.5 Å². The van der Waals surface area contributed by atoms with E-state index in [1.807, 2.05) is 73.8 Å². The Hall–Kier alpha value is -3.06. The zero-order valence-corrected chi connectivity index (χ0v) is 20.5. The highest BCUT2D eigenvalue weighted by Crippen LogP contribution is 2.41. The summed E-state index contributed by atoms with van der Waals surface area (Å²) in [5.41, 5.74) is 2.81. The summed E-state index contributed by atoms with van der Waals surface area (Å²) in [5, 5.41) is 3.56. The van der Waals surface area contributed by atoms with Gasteiger partial charge in [-0.2, -0.15) is 0 Å². The van der Waals surface area contributed by atoms with E-state index < -0.39 is 0 Å². The van der Waals surface area contributed by atoms with Gasteiger partial charge in [0.15, 0.2) is 0 Å². The van der Waals surface area contributed by atoms with Crippen LogP contribution in [0.1, 0.15) is 11.1 Å². The first-order chi connectivity index (χ1) is 16.5. The SMILES string of the molecule is CN(CCNC(=O)CN1C(=O)C(=Cc2cccc(Cl)c2)Sc2ccccc21)Cc1ccccc1. The lowest BCUT2D eigenvalue weighted by atomic mass is 10.2. The highest BCUT2D eigenvalue weighted by atomic mass is 35.5. The minimum Gasteiger partial charge on any atom is -0.353 e. The molecule has 0 bridgehead atoms. The first-order valence-corrected chi connectivity index (χ1v) is 12.2. The molecule has 1 aliphatic rings. The van der Waals surface area contributed by atoms with Gasteiger partial charge in [-0.15, -0.1) is 0 Å². The van der Waals surface area contributed by atoms with Crippen LogP contribution in [0, 0.1) is 0 Å². The molecular weight excluding hydrogens is 466 g/mol. The summed E-state index contributed by atoms with van der Waals surface area (Å²) in [6.45, 7) is 1.99. The summed E-state index contributed by atoms with van der Waals surface area (Å²) in [6, 6.07) is 25.2. The summed E-state index contributed by atoms with van der Waals surface area (Å²) in [6.07, 6.45) is 1.82. The Morgan fingerprint density at radius 3 is 2.62 bits per heavy atom. The minimum absolute atomic E-state index is 0.0360. The lowest BCUT2D eigenvalue weighted by molar-refractivity contribution is -0.122. The second kappa shape index (κ2) is 11.4. The van der Waals surface area contributed by atoms with Gasteiger partial charge in [0.1, 0.15) is 6.54 Å². The van der Waals surface area contributed by atoms with Gasteiger partial charge in [-0.1, -0.05) is 78.0 Å². The zero-order chi connectivity index (χ0) is 23.9. The Kier molecular flexibility index (Phi) is 8.06. The summed E-state index contributed by atoms with van der Waals surface area (Å²) in [7, 11) is 2.02. The zero-order valence-electron chi connectivity index (χ0n) is 18.9. The van der Waals surface area contributed by atoms with E-state index in [4.69, 9.17) is 11.6 Å². The first kappa shape index (κ1) is 24.1. The minimum atomic E-state index is -0.194. The van der Waals surface area contributed by atoms with Crippen molar-refractivity contribution >= 4 is 46.9 Å². The number of carbonyl (C=O) groups is 2. The second-order valence-corrected chi connectivity index (χ2v) is 9.62. The maximum Gasteiger partial charge on any atom is 0.265 e. The van der Waals surface area contributed by atoms with Crippen molar-refractivity contribution in [3.05, 3.63) is 99.9 Å². The number of hydrogen-bond donors (Lipinski definition) is 1. The summed E-state index contributed by atoms with van der Waals surface area (Å²) < 4.78 is 0. The van der Waals surface area contributed by atoms with E-state index in [0.717, 1.165) is 22.7 Å². The topological polar surface area (TPSA) is 52.7 Å². The summed E-state index contributed by atoms with van der Waals surface area (Å²) in [4.78, 5) is 31.2. The predicted octanol–water partition coefficient (Wildman–Crippen LogP) is 5.07. The van der Waals surface area contributed by atoms with Crippen LogP contribution in [-0.4, -0.2) is 43.4 Å². The normalized spacial score (nSPS) is 14.4. The summed E-state index contributed by atoms with van der Waals surface area (Å²) >= 11 is 7.51. The van der Waals surface area contributed by atoms with Gasteiger partial charge in [0.05, 0.1) is 10.6 Å². The molecule has 1 heterocycles. The number of nitrogens with one attached hydrogen (secondary N) is 1. The van der Waals surface area contributed by atoms with Crippen LogP contribution in [-0.2, 0) is 16.1 Å². The van der Waals surface area contributed by atoms with Crippen molar-refractivity contribution in [3.8, 4) is 0 Å². The van der Waals surface area contributed by atoms with Gasteiger partial charge in [-0.3, -0.25) is 14.5 Å². The number of thioether (sulfide) groups is 1. The molecule has 0 saturated heterocycles. The molecule has 0 saturated carbocycles. The molecule has 5 nitrogen and oxygen atoms in total. The van der Waals surface area contributed by atoms with Gasteiger partial charge in [0.2, 0.25) is 5.91 Å². The van der Waals surface area contributed by atoms with Crippen LogP contribution >= 0.6 is 23.4 Å². The lowest BCUT2D eigenvalue weighted by Crippen LogP contribution is -2.44. The fourth-order valence-corrected chi connectivity index (χ4v) is 4.98. The van der Waals surface area contributed by atoms with E-state index in [-0.39, 0.29) is 18.4 Å². The van der Waals surface area contributed by atoms with Crippen molar-refractivity contribution < 1.29 is 9.59 Å². The fourth-order valence-electron chi connectivity index (χ4n) is 3.73. The van der Waals surface area contributed by atoms with E-state index >= 15 is 0 Å². The van der Waals surface area contributed by atoms with Gasteiger partial charge < -0.3 is 10.2 Å². The number of likely N-dealkylation sites (N-methyl/N-ethyl adjacent to an activating group) is 1. The highest BCUT2D eigenvalue weighted by molar-refractivity contribution is 8.04. The molecule has 7 heteroatoms. The Morgan fingerprint density at radius 1 is 1.06 bits per heavy atom. The number of para-hydroxylation sites is 1. The van der Waals surface area contributed by atoms with E-state index in [1.54, 1.807) is 11.0 Å². The summed E-state index contributed by atoms with van der Waals surface area (Å²) in [5.74, 6) is -0.384. The van der Waals surface area contributed by atoms with E-state index in [0.29, 0.717) is 23.0 Å². The second-order valence-electron chi connectivity index (χ2n) is 8.10. The van der Waals surface area contributed by atoms with Gasteiger partial charge in [0, 0.05) is 29.6 Å². The monoisotopic (exact) mass is 491 g/mol. The van der Waals surface area contributed by atoms with Crippen LogP contribution in [0.5, 0.6) is 0 Å². The number of hydrogen-bond acceptors (Lipinski definition) is 4.